The molecule has 22 heavy (non-hydrogen) atoms. The van der Waals surface area contributed by atoms with Crippen LogP contribution in [-0.4, -0.2) is 40.1 Å². The third-order valence-corrected chi connectivity index (χ3v) is 4.30. The number of anilines is 1. The Labute approximate surface area is 133 Å². The molecule has 0 atom stereocenters. The molecule has 7 heteroatoms. The number of likely N-dealkylation sites (tertiary alicyclic amines) is 1. The van der Waals surface area contributed by atoms with Crippen LogP contribution in [0.15, 0.2) is 29.8 Å². The molecular weight excluding hydrogens is 300 g/mol. The van der Waals surface area contributed by atoms with Gasteiger partial charge in [0.25, 0.3) is 0 Å². The summed E-state index contributed by atoms with van der Waals surface area (Å²) >= 11 is 1.52. The van der Waals surface area contributed by atoms with Crippen LogP contribution in [0.2, 0.25) is 0 Å². The monoisotopic (exact) mass is 318 g/mol. The zero-order valence-corrected chi connectivity index (χ0v) is 13.2. The lowest BCUT2D eigenvalue weighted by atomic mass is 10.1. The summed E-state index contributed by atoms with van der Waals surface area (Å²) in [6, 6.07) is 5.54. The number of nitrogens with zero attached hydrogens (tertiary/aromatic N) is 3. The Kier molecular flexibility index (Phi) is 4.53. The predicted octanol–water partition coefficient (Wildman–Crippen LogP) is 2.92. The van der Waals surface area contributed by atoms with Crippen LogP contribution in [0.5, 0.6) is 5.88 Å². The highest BCUT2D eigenvalue weighted by Gasteiger charge is 2.24. The number of rotatable bonds is 3. The number of urea groups is 1. The van der Waals surface area contributed by atoms with Crippen molar-refractivity contribution in [3.05, 3.63) is 35.6 Å². The number of hydrogen-bond donors (Lipinski definition) is 1. The van der Waals surface area contributed by atoms with Gasteiger partial charge >= 0.3 is 6.03 Å². The molecule has 116 valence electrons. The highest BCUT2D eigenvalue weighted by atomic mass is 32.1. The van der Waals surface area contributed by atoms with Crippen LogP contribution in [0.3, 0.4) is 0 Å². The van der Waals surface area contributed by atoms with Gasteiger partial charge in [-0.2, -0.15) is 4.98 Å². The van der Waals surface area contributed by atoms with E-state index in [4.69, 9.17) is 4.74 Å². The molecule has 2 amide bonds. The summed E-state index contributed by atoms with van der Waals surface area (Å²) in [5.74, 6) is 1.30. The molecule has 1 aliphatic heterocycles. The number of piperidine rings is 1. The van der Waals surface area contributed by atoms with Gasteiger partial charge in [0, 0.05) is 38.2 Å². The van der Waals surface area contributed by atoms with E-state index in [1.165, 1.54) is 11.3 Å². The van der Waals surface area contributed by atoms with Crippen molar-refractivity contribution in [3.8, 4) is 5.88 Å². The quantitative estimate of drug-likeness (QED) is 0.945. The molecule has 3 rings (SSSR count). The zero-order chi connectivity index (χ0) is 15.4. The number of thiophene rings is 1. The summed E-state index contributed by atoms with van der Waals surface area (Å²) in [6.45, 7) is 3.21. The number of aromatic nitrogens is 2. The van der Waals surface area contributed by atoms with Crippen LogP contribution in [0.25, 0.3) is 0 Å². The van der Waals surface area contributed by atoms with E-state index in [2.05, 4.69) is 15.3 Å². The van der Waals surface area contributed by atoms with Gasteiger partial charge in [-0.1, -0.05) is 0 Å². The fraction of sp³-hybridized carbons (Fsp3) is 0.400. The molecule has 0 bridgehead atoms. The van der Waals surface area contributed by atoms with Crippen LogP contribution in [-0.2, 0) is 0 Å². The fourth-order valence-corrected chi connectivity index (χ4v) is 2.99. The van der Waals surface area contributed by atoms with E-state index in [1.54, 1.807) is 12.3 Å². The summed E-state index contributed by atoms with van der Waals surface area (Å²) in [4.78, 5) is 22.3. The second-order valence-electron chi connectivity index (χ2n) is 5.15. The van der Waals surface area contributed by atoms with Gasteiger partial charge in [-0.25, -0.2) is 9.78 Å². The molecule has 1 aliphatic rings. The van der Waals surface area contributed by atoms with E-state index in [0.717, 1.165) is 17.8 Å². The van der Waals surface area contributed by atoms with Crippen molar-refractivity contribution in [3.63, 3.8) is 0 Å². The minimum Gasteiger partial charge on any atom is -0.474 e. The third-order valence-electron chi connectivity index (χ3n) is 3.52. The summed E-state index contributed by atoms with van der Waals surface area (Å²) in [6.07, 6.45) is 3.41. The van der Waals surface area contributed by atoms with E-state index in [1.807, 2.05) is 29.3 Å². The summed E-state index contributed by atoms with van der Waals surface area (Å²) in [5, 5.41) is 5.73. The van der Waals surface area contributed by atoms with Crippen LogP contribution >= 0.6 is 11.3 Å². The number of aryl methyl sites for hydroxylation is 1. The van der Waals surface area contributed by atoms with Crippen molar-refractivity contribution in [2.24, 2.45) is 0 Å². The largest absolute Gasteiger partial charge is 0.474 e. The first kappa shape index (κ1) is 14.8. The zero-order valence-electron chi connectivity index (χ0n) is 12.4. The van der Waals surface area contributed by atoms with Crippen molar-refractivity contribution >= 4 is 22.4 Å². The van der Waals surface area contributed by atoms with E-state index in [-0.39, 0.29) is 12.1 Å². The maximum absolute atomic E-state index is 12.1. The van der Waals surface area contributed by atoms with Gasteiger partial charge in [0.05, 0.1) is 5.00 Å². The summed E-state index contributed by atoms with van der Waals surface area (Å²) < 4.78 is 5.86. The summed E-state index contributed by atoms with van der Waals surface area (Å²) in [5.41, 5.74) is 0. The van der Waals surface area contributed by atoms with Gasteiger partial charge in [0.1, 0.15) is 11.9 Å². The number of nitrogens with one attached hydrogen (secondary N) is 1. The van der Waals surface area contributed by atoms with Crippen LogP contribution in [0.4, 0.5) is 9.80 Å². The molecule has 0 aliphatic carbocycles. The Balaban J connectivity index is 1.49. The molecule has 1 N–H and O–H groups in total. The predicted molar refractivity (Wildman–Crippen MR) is 85.3 cm³/mol. The van der Waals surface area contributed by atoms with Gasteiger partial charge in [-0.3, -0.25) is 5.32 Å². The lowest BCUT2D eigenvalue weighted by molar-refractivity contribution is 0.111. The van der Waals surface area contributed by atoms with Crippen LogP contribution in [0, 0.1) is 6.92 Å². The standard InChI is InChI=1S/C15H18N4O2S/c1-11-16-7-4-13(17-11)21-12-5-8-19(9-6-12)15(20)18-14-3-2-10-22-14/h2-4,7,10,12H,5-6,8-9H2,1H3,(H,18,20). The molecule has 0 unspecified atom stereocenters. The van der Waals surface area contributed by atoms with Gasteiger partial charge in [-0.15, -0.1) is 11.3 Å². The molecule has 2 aromatic rings. The first-order chi connectivity index (χ1) is 10.7. The average molecular weight is 318 g/mol. The van der Waals surface area contributed by atoms with Gasteiger partial charge in [-0.05, 0) is 24.4 Å². The Hall–Kier alpha value is -2.15. The molecule has 0 saturated carbocycles. The van der Waals surface area contributed by atoms with Gasteiger partial charge in [0.15, 0.2) is 0 Å². The van der Waals surface area contributed by atoms with Crippen LogP contribution in [0.1, 0.15) is 18.7 Å². The minimum atomic E-state index is -0.0428. The maximum Gasteiger partial charge on any atom is 0.322 e. The molecule has 0 aromatic carbocycles. The first-order valence-electron chi connectivity index (χ1n) is 7.26. The molecule has 1 saturated heterocycles. The fourth-order valence-electron chi connectivity index (χ4n) is 2.38. The maximum atomic E-state index is 12.1. The van der Waals surface area contributed by atoms with Crippen LogP contribution < -0.4 is 10.1 Å². The highest BCUT2D eigenvalue weighted by Crippen LogP contribution is 2.19. The second kappa shape index (κ2) is 6.74. The molecule has 2 aromatic heterocycles. The number of carbonyl (C=O) groups is 1. The smallest absolute Gasteiger partial charge is 0.322 e. The Morgan fingerprint density at radius 3 is 2.91 bits per heavy atom. The SMILES string of the molecule is Cc1nccc(OC2CCN(C(=O)Nc3cccs3)CC2)n1. The molecular formula is C15H18N4O2S. The summed E-state index contributed by atoms with van der Waals surface area (Å²) in [7, 11) is 0. The second-order valence-corrected chi connectivity index (χ2v) is 6.10. The van der Waals surface area contributed by atoms with Gasteiger partial charge in [0.2, 0.25) is 5.88 Å². The number of ether oxygens (including phenoxy) is 1. The van der Waals surface area contributed by atoms with E-state index >= 15 is 0 Å². The highest BCUT2D eigenvalue weighted by molar-refractivity contribution is 7.14. The van der Waals surface area contributed by atoms with Crippen molar-refractivity contribution < 1.29 is 9.53 Å². The third kappa shape index (κ3) is 3.73. The van der Waals surface area contributed by atoms with Crippen molar-refractivity contribution in [1.29, 1.82) is 0 Å². The topological polar surface area (TPSA) is 67.3 Å². The van der Waals surface area contributed by atoms with Crippen molar-refractivity contribution in [1.82, 2.24) is 14.9 Å². The molecule has 1 fully saturated rings. The number of amides is 2. The minimum absolute atomic E-state index is 0.0428. The molecule has 6 nitrogen and oxygen atoms in total. The Morgan fingerprint density at radius 1 is 1.41 bits per heavy atom. The lowest BCUT2D eigenvalue weighted by Gasteiger charge is -2.31. The molecule has 0 radical (unpaired) electrons. The average Bonchev–Trinajstić information content (AvgIpc) is 3.01. The molecule has 0 spiro atoms. The van der Waals surface area contributed by atoms with Crippen molar-refractivity contribution in [2.75, 3.05) is 18.4 Å². The Bertz CT molecular complexity index is 624. The van der Waals surface area contributed by atoms with Gasteiger partial charge < -0.3 is 9.64 Å². The Morgan fingerprint density at radius 2 is 2.23 bits per heavy atom. The normalized spacial score (nSPS) is 15.6. The lowest BCUT2D eigenvalue weighted by Crippen LogP contribution is -2.43. The van der Waals surface area contributed by atoms with E-state index < -0.39 is 0 Å². The first-order valence-corrected chi connectivity index (χ1v) is 8.14. The van der Waals surface area contributed by atoms with Crippen molar-refractivity contribution in [2.45, 2.75) is 25.9 Å². The molecule has 3 heterocycles. The number of carbonyl (C=O) groups excluding carboxylic acids is 1. The number of hydrogen-bond acceptors (Lipinski definition) is 5. The van der Waals surface area contributed by atoms with E-state index in [0.29, 0.717) is 24.8 Å². The van der Waals surface area contributed by atoms with E-state index in [9.17, 15) is 4.79 Å².